The van der Waals surface area contributed by atoms with Crippen molar-refractivity contribution >= 4 is 80.0 Å². The van der Waals surface area contributed by atoms with E-state index < -0.39 is 0 Å². The lowest BCUT2D eigenvalue weighted by Gasteiger charge is -2.27. The summed E-state index contributed by atoms with van der Waals surface area (Å²) < 4.78 is 12.3. The Morgan fingerprint density at radius 2 is 0.585 bits per heavy atom. The smallest absolute Gasteiger partial charge is 0.230 e. The SMILES string of the molecule is C(=C\c1ccc(N(c2ccc(OCOc3ccc(N(c4ccc(/C=C/c5ccccc5)cc4)c4cccc5ccccc45)cc3)cc2)c2cccc3ccccc23)cc1)/c1ccccc1. The van der Waals surface area contributed by atoms with Crippen molar-refractivity contribution in [3.63, 3.8) is 0 Å². The minimum absolute atomic E-state index is 0.0642. The van der Waals surface area contributed by atoms with Crippen LogP contribution in [-0.2, 0) is 0 Å². The van der Waals surface area contributed by atoms with Crippen LogP contribution in [0.3, 0.4) is 0 Å². The van der Waals surface area contributed by atoms with Crippen LogP contribution < -0.4 is 19.3 Å². The van der Waals surface area contributed by atoms with E-state index in [4.69, 9.17) is 9.47 Å². The first kappa shape index (κ1) is 40.5. The first-order valence-corrected chi connectivity index (χ1v) is 21.9. The maximum atomic E-state index is 6.16. The number of hydrogen-bond acceptors (Lipinski definition) is 4. The third-order valence-electron chi connectivity index (χ3n) is 11.5. The molecule has 4 nitrogen and oxygen atoms in total. The van der Waals surface area contributed by atoms with Gasteiger partial charge in [-0.1, -0.05) is 182 Å². The van der Waals surface area contributed by atoms with E-state index in [2.05, 4.69) is 240 Å². The van der Waals surface area contributed by atoms with Crippen LogP contribution in [0.25, 0.3) is 45.8 Å². The second-order valence-electron chi connectivity index (χ2n) is 15.7. The molecule has 65 heavy (non-hydrogen) atoms. The van der Waals surface area contributed by atoms with Crippen LogP contribution in [-0.4, -0.2) is 6.79 Å². The highest BCUT2D eigenvalue weighted by molar-refractivity contribution is 6.00. The molecule has 0 N–H and O–H groups in total. The summed E-state index contributed by atoms with van der Waals surface area (Å²) in [4.78, 5) is 4.60. The highest BCUT2D eigenvalue weighted by Gasteiger charge is 2.17. The van der Waals surface area contributed by atoms with Crippen LogP contribution in [0.5, 0.6) is 11.5 Å². The summed E-state index contributed by atoms with van der Waals surface area (Å²) in [5, 5.41) is 4.72. The Hall–Kier alpha value is -8.60. The van der Waals surface area contributed by atoms with Crippen LogP contribution in [0.15, 0.2) is 243 Å². The standard InChI is InChI=1S/C61H46N2O2/c1-3-13-46(14-4-1)25-27-48-29-33-52(34-30-48)62(60-23-11-19-50-17-7-9-21-58(50)60)54-37-41-56(42-38-54)64-45-65-57-43-39-55(40-44-57)63(61-24-12-20-51-18-8-10-22-59(51)61)53-35-31-49(32-36-53)28-26-47-15-5-2-6-16-47/h1-44H,45H2/b27-25+,28-26+. The molecule has 0 radical (unpaired) electrons. The van der Waals surface area contributed by atoms with Gasteiger partial charge in [0, 0.05) is 33.5 Å². The van der Waals surface area contributed by atoms with Crippen molar-refractivity contribution in [3.8, 4) is 11.5 Å². The number of hydrogen-bond donors (Lipinski definition) is 0. The van der Waals surface area contributed by atoms with E-state index in [0.717, 1.165) is 45.3 Å². The summed E-state index contributed by atoms with van der Waals surface area (Å²) in [6.45, 7) is 0.0642. The zero-order valence-electron chi connectivity index (χ0n) is 35.8. The normalized spacial score (nSPS) is 11.3. The molecule has 0 spiro atoms. The molecule has 10 rings (SSSR count). The van der Waals surface area contributed by atoms with Crippen molar-refractivity contribution in [2.75, 3.05) is 16.6 Å². The Bertz CT molecular complexity index is 2970. The number of benzene rings is 10. The van der Waals surface area contributed by atoms with E-state index in [9.17, 15) is 0 Å². The Morgan fingerprint density at radius 1 is 0.277 bits per heavy atom. The zero-order chi connectivity index (χ0) is 43.6. The molecule has 10 aromatic rings. The van der Waals surface area contributed by atoms with E-state index in [-0.39, 0.29) is 6.79 Å². The fourth-order valence-corrected chi connectivity index (χ4v) is 8.19. The molecule has 0 atom stereocenters. The minimum Gasteiger partial charge on any atom is -0.458 e. The van der Waals surface area contributed by atoms with Gasteiger partial charge in [-0.05, 0) is 118 Å². The van der Waals surface area contributed by atoms with Gasteiger partial charge in [0.2, 0.25) is 6.79 Å². The summed E-state index contributed by atoms with van der Waals surface area (Å²) in [5.41, 5.74) is 11.0. The van der Waals surface area contributed by atoms with Gasteiger partial charge in [0.05, 0.1) is 11.4 Å². The molecular formula is C61H46N2O2. The third-order valence-corrected chi connectivity index (χ3v) is 11.5. The van der Waals surface area contributed by atoms with Gasteiger partial charge < -0.3 is 19.3 Å². The van der Waals surface area contributed by atoms with Gasteiger partial charge in [-0.2, -0.15) is 0 Å². The molecule has 0 aromatic heterocycles. The van der Waals surface area contributed by atoms with Crippen LogP contribution >= 0.6 is 0 Å². The minimum atomic E-state index is 0.0642. The van der Waals surface area contributed by atoms with E-state index in [1.54, 1.807) is 0 Å². The summed E-state index contributed by atoms with van der Waals surface area (Å²) in [6.07, 6.45) is 8.58. The van der Waals surface area contributed by atoms with Gasteiger partial charge in [-0.3, -0.25) is 0 Å². The maximum Gasteiger partial charge on any atom is 0.230 e. The van der Waals surface area contributed by atoms with Crippen LogP contribution in [0.2, 0.25) is 0 Å². The van der Waals surface area contributed by atoms with Gasteiger partial charge >= 0.3 is 0 Å². The molecule has 0 fully saturated rings. The Kier molecular flexibility index (Phi) is 12.0. The molecule has 0 unspecified atom stereocenters. The van der Waals surface area contributed by atoms with Gasteiger partial charge in [-0.15, -0.1) is 0 Å². The third kappa shape index (κ3) is 9.43. The van der Waals surface area contributed by atoms with Crippen molar-refractivity contribution in [2.45, 2.75) is 0 Å². The highest BCUT2D eigenvalue weighted by atomic mass is 16.7. The average Bonchev–Trinajstić information content (AvgIpc) is 3.38. The van der Waals surface area contributed by atoms with Crippen molar-refractivity contribution in [2.24, 2.45) is 0 Å². The second-order valence-corrected chi connectivity index (χ2v) is 15.7. The van der Waals surface area contributed by atoms with Crippen molar-refractivity contribution in [1.82, 2.24) is 0 Å². The summed E-state index contributed by atoms with van der Waals surface area (Å²) in [6, 6.07) is 84.5. The molecule has 0 saturated carbocycles. The number of fused-ring (bicyclic) bond motifs is 2. The topological polar surface area (TPSA) is 24.9 Å². The highest BCUT2D eigenvalue weighted by Crippen LogP contribution is 2.41. The van der Waals surface area contributed by atoms with E-state index in [1.165, 1.54) is 32.7 Å². The molecule has 312 valence electrons. The lowest BCUT2D eigenvalue weighted by molar-refractivity contribution is 0.120. The monoisotopic (exact) mass is 838 g/mol. The lowest BCUT2D eigenvalue weighted by atomic mass is 10.1. The predicted molar refractivity (Wildman–Crippen MR) is 274 cm³/mol. The predicted octanol–water partition coefficient (Wildman–Crippen LogP) is 16.7. The first-order chi connectivity index (χ1) is 32.2. The molecule has 0 aliphatic heterocycles. The molecule has 0 bridgehead atoms. The first-order valence-electron chi connectivity index (χ1n) is 21.9. The Morgan fingerprint density at radius 3 is 0.969 bits per heavy atom. The molecular weight excluding hydrogens is 793 g/mol. The van der Waals surface area contributed by atoms with Gasteiger partial charge in [0.1, 0.15) is 11.5 Å². The van der Waals surface area contributed by atoms with Crippen LogP contribution in [0.4, 0.5) is 34.1 Å². The molecule has 0 aliphatic rings. The van der Waals surface area contributed by atoms with E-state index in [1.807, 2.05) is 36.4 Å². The van der Waals surface area contributed by atoms with Gasteiger partial charge in [0.25, 0.3) is 0 Å². The quantitative estimate of drug-likeness (QED) is 0.0804. The Balaban J connectivity index is 0.857. The van der Waals surface area contributed by atoms with Gasteiger partial charge in [-0.25, -0.2) is 0 Å². The average molecular weight is 839 g/mol. The van der Waals surface area contributed by atoms with Crippen molar-refractivity contribution in [1.29, 1.82) is 0 Å². The fourth-order valence-electron chi connectivity index (χ4n) is 8.19. The summed E-state index contributed by atoms with van der Waals surface area (Å²) in [7, 11) is 0. The maximum absolute atomic E-state index is 6.16. The number of nitrogens with zero attached hydrogens (tertiary/aromatic N) is 2. The van der Waals surface area contributed by atoms with E-state index >= 15 is 0 Å². The Labute approximate surface area is 380 Å². The molecule has 0 aliphatic carbocycles. The van der Waals surface area contributed by atoms with Crippen molar-refractivity contribution in [3.05, 3.63) is 265 Å². The lowest BCUT2D eigenvalue weighted by Crippen LogP contribution is -2.11. The molecule has 10 aromatic carbocycles. The van der Waals surface area contributed by atoms with Crippen molar-refractivity contribution < 1.29 is 9.47 Å². The zero-order valence-corrected chi connectivity index (χ0v) is 35.8. The second kappa shape index (κ2) is 19.2. The molecule has 4 heteroatoms. The summed E-state index contributed by atoms with van der Waals surface area (Å²) in [5.74, 6) is 1.43. The number of rotatable bonds is 14. The molecule has 0 saturated heterocycles. The van der Waals surface area contributed by atoms with Gasteiger partial charge in [0.15, 0.2) is 0 Å². The van der Waals surface area contributed by atoms with E-state index in [0.29, 0.717) is 11.5 Å². The number of ether oxygens (including phenoxy) is 2. The largest absolute Gasteiger partial charge is 0.458 e. The fraction of sp³-hybridized carbons (Fsp3) is 0.0164. The molecule has 0 amide bonds. The summed E-state index contributed by atoms with van der Waals surface area (Å²) >= 11 is 0. The van der Waals surface area contributed by atoms with Crippen LogP contribution in [0, 0.1) is 0 Å². The molecule has 0 heterocycles. The van der Waals surface area contributed by atoms with Crippen LogP contribution in [0.1, 0.15) is 22.3 Å². The number of anilines is 6.